The highest BCUT2D eigenvalue weighted by Gasteiger charge is 2.08. The van der Waals surface area contributed by atoms with Gasteiger partial charge in [-0.05, 0) is 12.1 Å². The predicted octanol–water partition coefficient (Wildman–Crippen LogP) is -0.207. The van der Waals surface area contributed by atoms with Crippen LogP contribution in [0.25, 0.3) is 5.65 Å². The van der Waals surface area contributed by atoms with Crippen molar-refractivity contribution in [2.24, 2.45) is 5.73 Å². The predicted molar refractivity (Wildman–Crippen MR) is 50.0 cm³/mol. The molecule has 0 aliphatic rings. The minimum absolute atomic E-state index is 0.103. The number of carbonyl (C=O) groups is 1. The van der Waals surface area contributed by atoms with Crippen LogP contribution in [-0.4, -0.2) is 15.3 Å². The van der Waals surface area contributed by atoms with E-state index in [0.717, 1.165) is 0 Å². The Morgan fingerprint density at radius 2 is 2.21 bits per heavy atom. The molecular weight excluding hydrogens is 182 g/mol. The molecule has 2 aromatic heterocycles. The van der Waals surface area contributed by atoms with Crippen LogP contribution < -0.4 is 11.3 Å². The largest absolute Gasteiger partial charge is 0.365 e. The lowest BCUT2D eigenvalue weighted by molar-refractivity contribution is 0.0998. The molecule has 0 aromatic carbocycles. The van der Waals surface area contributed by atoms with Crippen molar-refractivity contribution in [3.63, 3.8) is 0 Å². The van der Waals surface area contributed by atoms with Gasteiger partial charge in [0.05, 0.1) is 0 Å². The molecular formula is C9H7N3O2. The van der Waals surface area contributed by atoms with E-state index in [4.69, 9.17) is 5.73 Å². The first kappa shape index (κ1) is 8.43. The van der Waals surface area contributed by atoms with Crippen molar-refractivity contribution < 1.29 is 4.79 Å². The van der Waals surface area contributed by atoms with Crippen LogP contribution in [-0.2, 0) is 0 Å². The van der Waals surface area contributed by atoms with E-state index in [9.17, 15) is 9.59 Å². The molecule has 0 saturated carbocycles. The Morgan fingerprint density at radius 1 is 1.43 bits per heavy atom. The molecule has 5 nitrogen and oxygen atoms in total. The Hall–Kier alpha value is -2.17. The van der Waals surface area contributed by atoms with Crippen LogP contribution in [0.4, 0.5) is 0 Å². The third-order valence-corrected chi connectivity index (χ3v) is 1.88. The number of amides is 1. The number of primary amides is 1. The van der Waals surface area contributed by atoms with Gasteiger partial charge in [0.15, 0.2) is 0 Å². The summed E-state index contributed by atoms with van der Waals surface area (Å²) in [5, 5.41) is 0. The zero-order valence-corrected chi connectivity index (χ0v) is 7.18. The van der Waals surface area contributed by atoms with Gasteiger partial charge in [-0.3, -0.25) is 14.0 Å². The maximum atomic E-state index is 11.6. The molecule has 0 atom stereocenters. The number of fused-ring (bicyclic) bond motifs is 1. The number of nitrogens with two attached hydrogens (primary N) is 1. The van der Waals surface area contributed by atoms with Crippen LogP contribution in [0, 0.1) is 0 Å². The van der Waals surface area contributed by atoms with Crippen LogP contribution in [0.1, 0.15) is 10.4 Å². The second-order valence-electron chi connectivity index (χ2n) is 2.77. The molecule has 2 heterocycles. The highest BCUT2D eigenvalue weighted by atomic mass is 16.2. The van der Waals surface area contributed by atoms with Crippen LogP contribution in [0.15, 0.2) is 35.4 Å². The Labute approximate surface area is 78.8 Å². The molecule has 14 heavy (non-hydrogen) atoms. The van der Waals surface area contributed by atoms with Gasteiger partial charge in [-0.1, -0.05) is 6.07 Å². The Kier molecular flexibility index (Phi) is 1.78. The van der Waals surface area contributed by atoms with E-state index >= 15 is 0 Å². The summed E-state index contributed by atoms with van der Waals surface area (Å²) in [4.78, 5) is 26.4. The molecule has 0 radical (unpaired) electrons. The molecule has 0 spiro atoms. The van der Waals surface area contributed by atoms with Crippen molar-refractivity contribution in [2.75, 3.05) is 0 Å². The summed E-state index contributed by atoms with van der Waals surface area (Å²) in [6.45, 7) is 0. The number of nitrogens with zero attached hydrogens (tertiary/aromatic N) is 2. The fourth-order valence-corrected chi connectivity index (χ4v) is 1.20. The smallest absolute Gasteiger partial charge is 0.270 e. The van der Waals surface area contributed by atoms with Gasteiger partial charge < -0.3 is 5.73 Å². The van der Waals surface area contributed by atoms with Gasteiger partial charge in [-0.2, -0.15) is 0 Å². The lowest BCUT2D eigenvalue weighted by atomic mass is 10.3. The summed E-state index contributed by atoms with van der Waals surface area (Å²) in [6, 6.07) is 5.11. The topological polar surface area (TPSA) is 77.5 Å². The first-order valence-corrected chi connectivity index (χ1v) is 3.96. The van der Waals surface area contributed by atoms with Crippen LogP contribution in [0.2, 0.25) is 0 Å². The number of pyridine rings is 1. The lowest BCUT2D eigenvalue weighted by Crippen LogP contribution is -2.26. The first-order chi connectivity index (χ1) is 6.70. The first-order valence-electron chi connectivity index (χ1n) is 3.96. The average molecular weight is 189 g/mol. The zero-order chi connectivity index (χ0) is 10.1. The minimum Gasteiger partial charge on any atom is -0.365 e. The maximum Gasteiger partial charge on any atom is 0.270 e. The standard InChI is InChI=1S/C9H7N3O2/c10-8(13)6-5-11-7-3-1-2-4-12(7)9(6)14/h1-5H,(H2,10,13). The molecule has 1 amide bonds. The fourth-order valence-electron chi connectivity index (χ4n) is 1.20. The van der Waals surface area contributed by atoms with E-state index in [1.165, 1.54) is 16.8 Å². The van der Waals surface area contributed by atoms with Gasteiger partial charge in [0.2, 0.25) is 0 Å². The average Bonchev–Trinajstić information content (AvgIpc) is 2.18. The summed E-state index contributed by atoms with van der Waals surface area (Å²) in [5.41, 5.74) is 4.96. The summed E-state index contributed by atoms with van der Waals surface area (Å²) in [5.74, 6) is -0.763. The third-order valence-electron chi connectivity index (χ3n) is 1.88. The SMILES string of the molecule is NC(=O)c1cnc2ccccn2c1=O. The second-order valence-corrected chi connectivity index (χ2v) is 2.77. The van der Waals surface area contributed by atoms with E-state index in [-0.39, 0.29) is 5.56 Å². The van der Waals surface area contributed by atoms with Gasteiger partial charge >= 0.3 is 0 Å². The van der Waals surface area contributed by atoms with Gasteiger partial charge in [0, 0.05) is 12.4 Å². The molecule has 70 valence electrons. The number of aromatic nitrogens is 2. The Morgan fingerprint density at radius 3 is 2.93 bits per heavy atom. The number of hydrogen-bond acceptors (Lipinski definition) is 3. The molecule has 0 unspecified atom stereocenters. The number of carbonyl (C=O) groups excluding carboxylic acids is 1. The quantitative estimate of drug-likeness (QED) is 0.674. The van der Waals surface area contributed by atoms with E-state index in [1.54, 1.807) is 18.2 Å². The minimum atomic E-state index is -0.763. The Bertz CT molecular complexity index is 559. The molecule has 2 rings (SSSR count). The fraction of sp³-hybridized carbons (Fsp3) is 0. The van der Waals surface area contributed by atoms with Gasteiger partial charge in [0.1, 0.15) is 11.2 Å². The van der Waals surface area contributed by atoms with Crippen molar-refractivity contribution in [2.45, 2.75) is 0 Å². The van der Waals surface area contributed by atoms with Gasteiger partial charge in [-0.25, -0.2) is 4.98 Å². The lowest BCUT2D eigenvalue weighted by Gasteiger charge is -1.99. The summed E-state index contributed by atoms with van der Waals surface area (Å²) in [6.07, 6.45) is 2.73. The summed E-state index contributed by atoms with van der Waals surface area (Å²) in [7, 11) is 0. The summed E-state index contributed by atoms with van der Waals surface area (Å²) >= 11 is 0. The van der Waals surface area contributed by atoms with E-state index in [0.29, 0.717) is 5.65 Å². The zero-order valence-electron chi connectivity index (χ0n) is 7.18. The molecule has 0 fully saturated rings. The number of rotatable bonds is 1. The molecule has 0 aliphatic heterocycles. The van der Waals surface area contributed by atoms with Crippen molar-refractivity contribution in [3.05, 3.63) is 46.5 Å². The van der Waals surface area contributed by atoms with Gasteiger partial charge in [0.25, 0.3) is 11.5 Å². The monoisotopic (exact) mass is 189 g/mol. The van der Waals surface area contributed by atoms with Gasteiger partial charge in [-0.15, -0.1) is 0 Å². The molecule has 2 N–H and O–H groups in total. The Balaban J connectivity index is 2.89. The number of hydrogen-bond donors (Lipinski definition) is 1. The van der Waals surface area contributed by atoms with Crippen LogP contribution >= 0.6 is 0 Å². The molecule has 0 bridgehead atoms. The molecule has 5 heteroatoms. The van der Waals surface area contributed by atoms with Crippen molar-refractivity contribution >= 4 is 11.6 Å². The maximum absolute atomic E-state index is 11.6. The third kappa shape index (κ3) is 1.15. The van der Waals surface area contributed by atoms with E-state index in [2.05, 4.69) is 4.98 Å². The highest BCUT2D eigenvalue weighted by molar-refractivity contribution is 5.92. The highest BCUT2D eigenvalue weighted by Crippen LogP contribution is 1.96. The van der Waals surface area contributed by atoms with E-state index in [1.807, 2.05) is 0 Å². The van der Waals surface area contributed by atoms with E-state index < -0.39 is 11.5 Å². The summed E-state index contributed by atoms with van der Waals surface area (Å²) < 4.78 is 1.28. The van der Waals surface area contributed by atoms with Crippen molar-refractivity contribution in [1.82, 2.24) is 9.38 Å². The van der Waals surface area contributed by atoms with Crippen molar-refractivity contribution in [3.8, 4) is 0 Å². The van der Waals surface area contributed by atoms with Crippen molar-refractivity contribution in [1.29, 1.82) is 0 Å². The molecule has 2 aromatic rings. The normalized spacial score (nSPS) is 10.3. The van der Waals surface area contributed by atoms with Crippen LogP contribution in [0.3, 0.4) is 0 Å². The van der Waals surface area contributed by atoms with Crippen LogP contribution in [0.5, 0.6) is 0 Å². The second kappa shape index (κ2) is 2.95. The molecule has 0 saturated heterocycles. The molecule has 0 aliphatic carbocycles.